The van der Waals surface area contributed by atoms with E-state index in [0.29, 0.717) is 18.3 Å². The van der Waals surface area contributed by atoms with E-state index in [9.17, 15) is 4.79 Å². The SMILES string of the molecule is Nc1nc([C@H]2c3ccccc3CCN2C(=O)OCC2c3ccccc3-c3ccccc32)cs1. The zero-order valence-corrected chi connectivity index (χ0v) is 18.8. The molecule has 33 heavy (non-hydrogen) atoms. The second-order valence-corrected chi connectivity index (χ2v) is 9.35. The lowest BCUT2D eigenvalue weighted by molar-refractivity contribution is 0.0865. The van der Waals surface area contributed by atoms with Crippen LogP contribution in [0, 0.1) is 0 Å². The fourth-order valence-electron chi connectivity index (χ4n) is 5.19. The van der Waals surface area contributed by atoms with Crippen LogP contribution in [0.4, 0.5) is 9.93 Å². The Balaban J connectivity index is 1.29. The summed E-state index contributed by atoms with van der Waals surface area (Å²) in [5, 5.41) is 2.44. The van der Waals surface area contributed by atoms with Crippen molar-refractivity contribution in [1.29, 1.82) is 0 Å². The number of hydrogen-bond donors (Lipinski definition) is 1. The highest BCUT2D eigenvalue weighted by Gasteiger charge is 2.36. The van der Waals surface area contributed by atoms with Gasteiger partial charge in [-0.2, -0.15) is 0 Å². The Morgan fingerprint density at radius 2 is 1.61 bits per heavy atom. The van der Waals surface area contributed by atoms with Crippen LogP contribution in [0.2, 0.25) is 0 Å². The quantitative estimate of drug-likeness (QED) is 0.437. The lowest BCUT2D eigenvalue weighted by atomic mass is 9.91. The molecule has 1 atom stereocenters. The molecule has 6 rings (SSSR count). The summed E-state index contributed by atoms with van der Waals surface area (Å²) < 4.78 is 5.98. The molecular formula is C27H23N3O2S. The molecule has 0 unspecified atom stereocenters. The first kappa shape index (κ1) is 20.0. The minimum absolute atomic E-state index is 0.0341. The number of hydrogen-bond acceptors (Lipinski definition) is 5. The number of aromatic nitrogens is 1. The number of anilines is 1. The number of nitrogen functional groups attached to an aromatic ring is 1. The molecule has 0 saturated carbocycles. The van der Waals surface area contributed by atoms with Crippen LogP contribution in [0.25, 0.3) is 11.1 Å². The number of ether oxygens (including phenoxy) is 1. The molecule has 4 aromatic rings. The van der Waals surface area contributed by atoms with E-state index in [1.807, 2.05) is 29.6 Å². The van der Waals surface area contributed by atoms with Crippen LogP contribution >= 0.6 is 11.3 Å². The average Bonchev–Trinajstić information content (AvgIpc) is 3.43. The summed E-state index contributed by atoms with van der Waals surface area (Å²) in [6, 6.07) is 24.7. The smallest absolute Gasteiger partial charge is 0.410 e. The number of rotatable bonds is 3. The van der Waals surface area contributed by atoms with Crippen LogP contribution < -0.4 is 5.73 Å². The van der Waals surface area contributed by atoms with Crippen molar-refractivity contribution in [3.05, 3.63) is 106 Å². The minimum atomic E-state index is -0.317. The average molecular weight is 454 g/mol. The Morgan fingerprint density at radius 3 is 2.27 bits per heavy atom. The topological polar surface area (TPSA) is 68.5 Å². The molecule has 1 amide bonds. The van der Waals surface area contributed by atoms with E-state index in [2.05, 4.69) is 53.5 Å². The third-order valence-corrected chi connectivity index (χ3v) is 7.37. The molecule has 1 aliphatic heterocycles. The van der Waals surface area contributed by atoms with Gasteiger partial charge in [0.1, 0.15) is 12.6 Å². The van der Waals surface area contributed by atoms with Gasteiger partial charge in [-0.1, -0.05) is 72.8 Å². The maximum absolute atomic E-state index is 13.4. The maximum Gasteiger partial charge on any atom is 0.410 e. The molecule has 2 N–H and O–H groups in total. The normalized spacial score (nSPS) is 16.7. The van der Waals surface area contributed by atoms with Gasteiger partial charge in [0.15, 0.2) is 5.13 Å². The van der Waals surface area contributed by atoms with Gasteiger partial charge in [0, 0.05) is 17.8 Å². The molecule has 0 fully saturated rings. The van der Waals surface area contributed by atoms with Gasteiger partial charge in [0.05, 0.1) is 5.69 Å². The van der Waals surface area contributed by atoms with Gasteiger partial charge in [0.25, 0.3) is 0 Å². The monoisotopic (exact) mass is 453 g/mol. The van der Waals surface area contributed by atoms with Gasteiger partial charge in [-0.05, 0) is 39.8 Å². The molecule has 164 valence electrons. The summed E-state index contributed by atoms with van der Waals surface area (Å²) in [5.41, 5.74) is 13.9. The lowest BCUT2D eigenvalue weighted by Crippen LogP contribution is -2.41. The van der Waals surface area contributed by atoms with Crippen molar-refractivity contribution in [3.8, 4) is 11.1 Å². The van der Waals surface area contributed by atoms with E-state index in [4.69, 9.17) is 10.5 Å². The standard InChI is InChI=1S/C27H23N3O2S/c28-26-29-24(16-33-26)25-18-8-2-1-7-17(18)13-14-30(25)27(31)32-15-23-21-11-5-3-9-19(21)20-10-4-6-12-22(20)23/h1-12,16,23,25H,13-15H2,(H2,28,29)/t25-/m1/s1. The van der Waals surface area contributed by atoms with Gasteiger partial charge in [0.2, 0.25) is 0 Å². The molecule has 3 aromatic carbocycles. The highest BCUT2D eigenvalue weighted by atomic mass is 32.1. The van der Waals surface area contributed by atoms with Crippen LogP contribution in [-0.4, -0.2) is 29.1 Å². The largest absolute Gasteiger partial charge is 0.448 e. The molecule has 1 aromatic heterocycles. The van der Waals surface area contributed by atoms with E-state index in [-0.39, 0.29) is 18.1 Å². The molecule has 0 saturated heterocycles. The summed E-state index contributed by atoms with van der Waals surface area (Å²) in [6.07, 6.45) is 0.471. The van der Waals surface area contributed by atoms with E-state index in [0.717, 1.165) is 17.7 Å². The summed E-state index contributed by atoms with van der Waals surface area (Å²) >= 11 is 1.39. The van der Waals surface area contributed by atoms with Gasteiger partial charge >= 0.3 is 6.09 Å². The third-order valence-electron chi connectivity index (χ3n) is 6.67. The Kier molecular flexibility index (Phi) is 4.88. The molecule has 2 aliphatic rings. The lowest BCUT2D eigenvalue weighted by Gasteiger charge is -2.36. The summed E-state index contributed by atoms with van der Waals surface area (Å²) in [4.78, 5) is 19.7. The molecule has 0 bridgehead atoms. The van der Waals surface area contributed by atoms with Crippen LogP contribution in [0.3, 0.4) is 0 Å². The second kappa shape index (κ2) is 8.05. The number of amides is 1. The number of carbonyl (C=O) groups is 1. The van der Waals surface area contributed by atoms with Gasteiger partial charge in [-0.25, -0.2) is 9.78 Å². The van der Waals surface area contributed by atoms with Crippen molar-refractivity contribution in [2.24, 2.45) is 0 Å². The fraction of sp³-hybridized carbons (Fsp3) is 0.185. The second-order valence-electron chi connectivity index (χ2n) is 8.46. The molecule has 0 spiro atoms. The molecule has 1 aliphatic carbocycles. The van der Waals surface area contributed by atoms with E-state index < -0.39 is 0 Å². The first-order chi connectivity index (χ1) is 16.2. The Bertz CT molecular complexity index is 1300. The summed E-state index contributed by atoms with van der Waals surface area (Å²) in [6.45, 7) is 0.882. The van der Waals surface area contributed by atoms with Gasteiger partial charge < -0.3 is 10.5 Å². The summed E-state index contributed by atoms with van der Waals surface area (Å²) in [5.74, 6) is 0.0341. The number of fused-ring (bicyclic) bond motifs is 4. The third kappa shape index (κ3) is 3.38. The molecule has 2 heterocycles. The Hall–Kier alpha value is -3.64. The zero-order chi connectivity index (χ0) is 22.4. The van der Waals surface area contributed by atoms with Crippen molar-refractivity contribution in [3.63, 3.8) is 0 Å². The highest BCUT2D eigenvalue weighted by Crippen LogP contribution is 2.45. The van der Waals surface area contributed by atoms with Crippen molar-refractivity contribution >= 4 is 22.6 Å². The Labute approximate surface area is 196 Å². The van der Waals surface area contributed by atoms with E-state index in [1.54, 1.807) is 4.90 Å². The number of nitrogens with two attached hydrogens (primary N) is 1. The van der Waals surface area contributed by atoms with Crippen LogP contribution in [0.15, 0.2) is 78.2 Å². The first-order valence-corrected chi connectivity index (χ1v) is 12.0. The molecular weight excluding hydrogens is 430 g/mol. The first-order valence-electron chi connectivity index (χ1n) is 11.1. The van der Waals surface area contributed by atoms with Crippen LogP contribution in [-0.2, 0) is 11.2 Å². The Morgan fingerprint density at radius 1 is 0.970 bits per heavy atom. The molecule has 0 radical (unpaired) electrons. The molecule has 6 heteroatoms. The maximum atomic E-state index is 13.4. The van der Waals surface area contributed by atoms with Crippen molar-refractivity contribution in [1.82, 2.24) is 9.88 Å². The van der Waals surface area contributed by atoms with Crippen molar-refractivity contribution in [2.45, 2.75) is 18.4 Å². The zero-order valence-electron chi connectivity index (χ0n) is 18.0. The van der Waals surface area contributed by atoms with E-state index >= 15 is 0 Å². The minimum Gasteiger partial charge on any atom is -0.448 e. The van der Waals surface area contributed by atoms with Gasteiger partial charge in [-0.3, -0.25) is 4.90 Å². The van der Waals surface area contributed by atoms with Gasteiger partial charge in [-0.15, -0.1) is 11.3 Å². The predicted octanol–water partition coefficient (Wildman–Crippen LogP) is 5.62. The van der Waals surface area contributed by atoms with Crippen LogP contribution in [0.5, 0.6) is 0 Å². The number of nitrogens with zero attached hydrogens (tertiary/aromatic N) is 2. The van der Waals surface area contributed by atoms with E-state index in [1.165, 1.54) is 39.2 Å². The number of thiazole rings is 1. The fourth-order valence-corrected chi connectivity index (χ4v) is 5.77. The highest BCUT2D eigenvalue weighted by molar-refractivity contribution is 7.13. The molecule has 5 nitrogen and oxygen atoms in total. The van der Waals surface area contributed by atoms with Crippen molar-refractivity contribution in [2.75, 3.05) is 18.9 Å². The number of benzene rings is 3. The van der Waals surface area contributed by atoms with Crippen molar-refractivity contribution < 1.29 is 9.53 Å². The predicted molar refractivity (Wildman–Crippen MR) is 130 cm³/mol. The summed E-state index contributed by atoms with van der Waals surface area (Å²) in [7, 11) is 0. The number of carbonyl (C=O) groups excluding carboxylic acids is 1. The van der Waals surface area contributed by atoms with Crippen LogP contribution in [0.1, 0.15) is 39.9 Å².